The van der Waals surface area contributed by atoms with Crippen LogP contribution in [0.4, 0.5) is 0 Å². The molecule has 2 aromatic rings. The summed E-state index contributed by atoms with van der Waals surface area (Å²) >= 11 is 0. The molecule has 24 heavy (non-hydrogen) atoms. The van der Waals surface area contributed by atoms with Gasteiger partial charge in [0.05, 0.1) is 19.3 Å². The zero-order chi connectivity index (χ0) is 17.4. The van der Waals surface area contributed by atoms with Gasteiger partial charge in [-0.2, -0.15) is 0 Å². The van der Waals surface area contributed by atoms with Crippen LogP contribution < -0.4 is 9.47 Å². The van der Waals surface area contributed by atoms with Crippen LogP contribution in [0.3, 0.4) is 0 Å². The van der Waals surface area contributed by atoms with Crippen molar-refractivity contribution in [3.8, 4) is 11.5 Å². The molecule has 0 radical (unpaired) electrons. The largest absolute Gasteiger partial charge is 0.493 e. The molecule has 0 saturated carbocycles. The SMILES string of the molecule is CCCCOc1ccc(/C=C(/C(=O)O)c2ccccc2)cc1OC. The van der Waals surface area contributed by atoms with E-state index in [9.17, 15) is 9.90 Å². The van der Waals surface area contributed by atoms with Gasteiger partial charge in [0.2, 0.25) is 0 Å². The van der Waals surface area contributed by atoms with Crippen molar-refractivity contribution in [2.75, 3.05) is 13.7 Å². The second kappa shape index (κ2) is 8.77. The highest BCUT2D eigenvalue weighted by molar-refractivity contribution is 6.20. The van der Waals surface area contributed by atoms with E-state index in [2.05, 4.69) is 6.92 Å². The molecule has 4 heteroatoms. The lowest BCUT2D eigenvalue weighted by molar-refractivity contribution is -0.130. The Balaban J connectivity index is 2.31. The number of hydrogen-bond donors (Lipinski definition) is 1. The highest BCUT2D eigenvalue weighted by Crippen LogP contribution is 2.30. The van der Waals surface area contributed by atoms with Crippen molar-refractivity contribution in [2.45, 2.75) is 19.8 Å². The molecule has 0 amide bonds. The average molecular weight is 326 g/mol. The molecule has 0 aliphatic heterocycles. The van der Waals surface area contributed by atoms with E-state index in [1.54, 1.807) is 31.4 Å². The lowest BCUT2D eigenvalue weighted by atomic mass is 10.0. The van der Waals surface area contributed by atoms with Crippen LogP contribution in [0.2, 0.25) is 0 Å². The van der Waals surface area contributed by atoms with Gasteiger partial charge in [-0.25, -0.2) is 4.79 Å². The first-order valence-corrected chi connectivity index (χ1v) is 7.97. The second-order valence-electron chi connectivity index (χ2n) is 5.34. The van der Waals surface area contributed by atoms with Crippen molar-refractivity contribution in [1.29, 1.82) is 0 Å². The highest BCUT2D eigenvalue weighted by atomic mass is 16.5. The maximum Gasteiger partial charge on any atom is 0.336 e. The molecule has 0 unspecified atom stereocenters. The summed E-state index contributed by atoms with van der Waals surface area (Å²) in [7, 11) is 1.57. The van der Waals surface area contributed by atoms with Crippen molar-refractivity contribution in [3.63, 3.8) is 0 Å². The monoisotopic (exact) mass is 326 g/mol. The van der Waals surface area contributed by atoms with E-state index < -0.39 is 5.97 Å². The summed E-state index contributed by atoms with van der Waals surface area (Å²) in [5.74, 6) is 0.292. The van der Waals surface area contributed by atoms with E-state index in [1.807, 2.05) is 30.3 Å². The van der Waals surface area contributed by atoms with Crippen LogP contribution in [0.15, 0.2) is 48.5 Å². The number of unbranched alkanes of at least 4 members (excludes halogenated alkanes) is 1. The fourth-order valence-electron chi connectivity index (χ4n) is 2.27. The molecule has 0 atom stereocenters. The summed E-state index contributed by atoms with van der Waals surface area (Å²) in [6, 6.07) is 14.5. The second-order valence-corrected chi connectivity index (χ2v) is 5.34. The minimum Gasteiger partial charge on any atom is -0.493 e. The molecule has 4 nitrogen and oxygen atoms in total. The Kier molecular flexibility index (Phi) is 6.43. The zero-order valence-corrected chi connectivity index (χ0v) is 14.0. The van der Waals surface area contributed by atoms with Gasteiger partial charge in [-0.05, 0) is 35.8 Å². The van der Waals surface area contributed by atoms with Gasteiger partial charge in [-0.15, -0.1) is 0 Å². The minimum atomic E-state index is -0.969. The summed E-state index contributed by atoms with van der Waals surface area (Å²) in [5, 5.41) is 9.49. The predicted molar refractivity (Wildman–Crippen MR) is 95.3 cm³/mol. The molecule has 0 spiro atoms. The Morgan fingerprint density at radius 1 is 1.12 bits per heavy atom. The van der Waals surface area contributed by atoms with Crippen LogP contribution in [0.5, 0.6) is 11.5 Å². The number of rotatable bonds is 8. The fourth-order valence-corrected chi connectivity index (χ4v) is 2.27. The Bertz CT molecular complexity index is 705. The molecule has 0 heterocycles. The molecule has 0 fully saturated rings. The molecule has 2 rings (SSSR count). The van der Waals surface area contributed by atoms with Crippen LogP contribution in [0, 0.1) is 0 Å². The van der Waals surface area contributed by atoms with Gasteiger partial charge < -0.3 is 14.6 Å². The number of benzene rings is 2. The molecule has 0 aromatic heterocycles. The smallest absolute Gasteiger partial charge is 0.336 e. The molecule has 126 valence electrons. The molecule has 0 aliphatic rings. The van der Waals surface area contributed by atoms with E-state index in [0.717, 1.165) is 18.4 Å². The third-order valence-corrected chi connectivity index (χ3v) is 3.57. The average Bonchev–Trinajstić information content (AvgIpc) is 2.61. The van der Waals surface area contributed by atoms with Crippen LogP contribution in [-0.2, 0) is 4.79 Å². The molecule has 2 aromatic carbocycles. The van der Waals surface area contributed by atoms with Crippen molar-refractivity contribution in [3.05, 3.63) is 59.7 Å². The third kappa shape index (κ3) is 4.62. The molecular weight excluding hydrogens is 304 g/mol. The number of carbonyl (C=O) groups is 1. The minimum absolute atomic E-state index is 0.234. The van der Waals surface area contributed by atoms with E-state index in [4.69, 9.17) is 9.47 Å². The normalized spacial score (nSPS) is 11.2. The van der Waals surface area contributed by atoms with Gasteiger partial charge in [0, 0.05) is 0 Å². The first-order valence-electron chi connectivity index (χ1n) is 7.97. The number of carboxylic acid groups (broad SMARTS) is 1. The summed E-state index contributed by atoms with van der Waals surface area (Å²) in [6.07, 6.45) is 3.67. The summed E-state index contributed by atoms with van der Waals surface area (Å²) in [4.78, 5) is 11.6. The topological polar surface area (TPSA) is 55.8 Å². The Morgan fingerprint density at radius 2 is 1.88 bits per heavy atom. The molecule has 0 bridgehead atoms. The fraction of sp³-hybridized carbons (Fsp3) is 0.250. The van der Waals surface area contributed by atoms with Crippen LogP contribution in [0.25, 0.3) is 11.6 Å². The molecule has 0 saturated heterocycles. The van der Waals surface area contributed by atoms with Gasteiger partial charge in [0.1, 0.15) is 0 Å². The first-order chi connectivity index (χ1) is 11.7. The maximum atomic E-state index is 11.6. The summed E-state index contributed by atoms with van der Waals surface area (Å²) in [6.45, 7) is 2.73. The van der Waals surface area contributed by atoms with Crippen molar-refractivity contribution < 1.29 is 19.4 Å². The lowest BCUT2D eigenvalue weighted by Crippen LogP contribution is -2.00. The Labute approximate surface area is 142 Å². The number of hydrogen-bond acceptors (Lipinski definition) is 3. The number of aliphatic carboxylic acids is 1. The van der Waals surface area contributed by atoms with Crippen molar-refractivity contribution in [1.82, 2.24) is 0 Å². The predicted octanol–water partition coefficient (Wildman–Crippen LogP) is 4.50. The molecule has 1 N–H and O–H groups in total. The van der Waals surface area contributed by atoms with Gasteiger partial charge in [-0.1, -0.05) is 49.7 Å². The third-order valence-electron chi connectivity index (χ3n) is 3.57. The van der Waals surface area contributed by atoms with E-state index in [1.165, 1.54) is 0 Å². The van der Waals surface area contributed by atoms with Crippen molar-refractivity contribution >= 4 is 17.6 Å². The number of ether oxygens (including phenoxy) is 2. The van der Waals surface area contributed by atoms with Crippen LogP contribution in [-0.4, -0.2) is 24.8 Å². The zero-order valence-electron chi connectivity index (χ0n) is 14.0. The summed E-state index contributed by atoms with van der Waals surface area (Å²) in [5.41, 5.74) is 1.64. The van der Waals surface area contributed by atoms with Crippen LogP contribution in [0.1, 0.15) is 30.9 Å². The number of methoxy groups -OCH3 is 1. The first kappa shape index (κ1) is 17.6. The molecule has 0 aliphatic carbocycles. The van der Waals surface area contributed by atoms with Gasteiger partial charge in [0.15, 0.2) is 11.5 Å². The van der Waals surface area contributed by atoms with Crippen LogP contribution >= 0.6 is 0 Å². The maximum absolute atomic E-state index is 11.6. The highest BCUT2D eigenvalue weighted by Gasteiger charge is 2.11. The summed E-state index contributed by atoms with van der Waals surface area (Å²) < 4.78 is 11.1. The van der Waals surface area contributed by atoms with Gasteiger partial charge in [0.25, 0.3) is 0 Å². The van der Waals surface area contributed by atoms with E-state index >= 15 is 0 Å². The van der Waals surface area contributed by atoms with E-state index in [0.29, 0.717) is 23.7 Å². The van der Waals surface area contributed by atoms with E-state index in [-0.39, 0.29) is 5.57 Å². The van der Waals surface area contributed by atoms with Gasteiger partial charge in [-0.3, -0.25) is 0 Å². The van der Waals surface area contributed by atoms with Gasteiger partial charge >= 0.3 is 5.97 Å². The van der Waals surface area contributed by atoms with Crippen molar-refractivity contribution in [2.24, 2.45) is 0 Å². The number of carboxylic acids is 1. The lowest BCUT2D eigenvalue weighted by Gasteiger charge is -2.11. The molecular formula is C20H22O4. The standard InChI is InChI=1S/C20H22O4/c1-3-4-12-24-18-11-10-15(14-19(18)23-2)13-17(20(21)22)16-8-6-5-7-9-16/h5-11,13-14H,3-4,12H2,1-2H3,(H,21,22)/b17-13+. The quantitative estimate of drug-likeness (QED) is 0.441. The Morgan fingerprint density at radius 3 is 2.50 bits per heavy atom. The Hall–Kier alpha value is -2.75.